The van der Waals surface area contributed by atoms with Gasteiger partial charge in [0.05, 0.1) is 32.2 Å². The number of likely N-dealkylation sites (N-methyl/N-ethyl adjacent to an activating group) is 2. The van der Waals surface area contributed by atoms with Crippen molar-refractivity contribution in [2.45, 2.75) is 159 Å². The van der Waals surface area contributed by atoms with E-state index in [-0.39, 0.29) is 72.1 Å². The maximum atomic E-state index is 14.7. The summed E-state index contributed by atoms with van der Waals surface area (Å²) in [6.45, 7) is 13.4. The summed E-state index contributed by atoms with van der Waals surface area (Å²) in [5.74, 6) is -2.83. The Bertz CT molecular complexity index is 2980. The number of amides is 8. The van der Waals surface area contributed by atoms with Gasteiger partial charge in [-0.25, -0.2) is 0 Å². The van der Waals surface area contributed by atoms with Gasteiger partial charge < -0.3 is 52.3 Å². The molecule has 2 heterocycles. The fourth-order valence-electron chi connectivity index (χ4n) is 11.8. The van der Waals surface area contributed by atoms with Gasteiger partial charge in [-0.2, -0.15) is 0 Å². The number of likely N-dealkylation sites (tertiary alicyclic amines) is 1. The van der Waals surface area contributed by atoms with Gasteiger partial charge in [0.25, 0.3) is 11.8 Å². The van der Waals surface area contributed by atoms with E-state index >= 15 is 0 Å². The summed E-state index contributed by atoms with van der Waals surface area (Å²) >= 11 is 0. The summed E-state index contributed by atoms with van der Waals surface area (Å²) < 4.78 is 0. The maximum absolute atomic E-state index is 14.7. The zero-order valence-electron chi connectivity index (χ0n) is 48.4. The molecule has 2 aliphatic carbocycles. The minimum Gasteiger partial charge on any atom is -0.348 e. The lowest BCUT2D eigenvalue weighted by Crippen LogP contribution is -2.59. The van der Waals surface area contributed by atoms with Gasteiger partial charge in [0, 0.05) is 42.0 Å². The van der Waals surface area contributed by atoms with Crippen molar-refractivity contribution in [3.63, 3.8) is 0 Å². The van der Waals surface area contributed by atoms with Crippen molar-refractivity contribution >= 4 is 61.0 Å². The Morgan fingerprint density at radius 3 is 1.68 bits per heavy atom. The lowest BCUT2D eigenvalue weighted by Gasteiger charge is -2.36. The molecule has 2 fully saturated rings. The zero-order chi connectivity index (χ0) is 58.3. The van der Waals surface area contributed by atoms with Crippen LogP contribution in [0, 0.1) is 5.41 Å². The molecule has 0 bridgehead atoms. The minimum atomic E-state index is -2.02. The molecule has 19 heteroatoms. The third kappa shape index (κ3) is 14.5. The lowest BCUT2D eigenvalue weighted by molar-refractivity contribution is -0.144. The lowest BCUT2D eigenvalue weighted by atomic mass is 9.85. The zero-order valence-corrected chi connectivity index (χ0v) is 49.4. The van der Waals surface area contributed by atoms with Crippen molar-refractivity contribution in [1.29, 1.82) is 0 Å². The van der Waals surface area contributed by atoms with Gasteiger partial charge in [0.2, 0.25) is 35.4 Å². The van der Waals surface area contributed by atoms with Crippen molar-refractivity contribution in [3.8, 4) is 0 Å². The number of rotatable bonds is 18. The van der Waals surface area contributed by atoms with Crippen molar-refractivity contribution in [1.82, 2.24) is 47.0 Å². The largest absolute Gasteiger partial charge is 0.348 e. The first kappa shape index (κ1) is 59.9. The second-order valence-corrected chi connectivity index (χ2v) is 29.4. The molecule has 5 unspecified atom stereocenters. The number of aryl methyl sites for hydroxylation is 2. The Hall–Kier alpha value is -7.22. The van der Waals surface area contributed by atoms with E-state index in [0.29, 0.717) is 17.9 Å². The molecule has 8 amide bonds. The van der Waals surface area contributed by atoms with Crippen LogP contribution in [0.4, 0.5) is 5.69 Å². The third-order valence-electron chi connectivity index (χ3n) is 16.6. The van der Waals surface area contributed by atoms with Crippen LogP contribution >= 0.6 is 0 Å². The van der Waals surface area contributed by atoms with Gasteiger partial charge in [-0.05, 0) is 149 Å². The fourth-order valence-corrected chi connectivity index (χ4v) is 14.6. The van der Waals surface area contributed by atoms with Crippen molar-refractivity contribution in [2.75, 3.05) is 32.1 Å². The summed E-state index contributed by atoms with van der Waals surface area (Å²) in [7, 11) is 1.31. The maximum Gasteiger partial charge on any atom is 0.255 e. The molecule has 432 valence electrons. The number of hydrogen-bond donors (Lipinski definition) is 8. The molecular weight excluding hydrogens is 1040 g/mol. The van der Waals surface area contributed by atoms with Gasteiger partial charge in [0.15, 0.2) is 0 Å². The normalized spacial score (nSPS) is 21.7. The van der Waals surface area contributed by atoms with Crippen LogP contribution in [-0.2, 0) is 48.0 Å². The molecule has 0 aromatic heterocycles. The van der Waals surface area contributed by atoms with Crippen LogP contribution < -0.4 is 42.5 Å². The second-order valence-electron chi connectivity index (χ2n) is 24.4. The molecule has 18 nitrogen and oxygen atoms in total. The first-order chi connectivity index (χ1) is 38.5. The number of fused-ring (bicyclic) bond motifs is 2. The smallest absolute Gasteiger partial charge is 0.255 e. The Morgan fingerprint density at radius 1 is 0.617 bits per heavy atom. The number of benzene rings is 4. The van der Waals surface area contributed by atoms with Crippen molar-refractivity contribution in [2.24, 2.45) is 5.41 Å². The highest BCUT2D eigenvalue weighted by molar-refractivity contribution is 6.79. The highest BCUT2D eigenvalue weighted by Crippen LogP contribution is 2.34. The van der Waals surface area contributed by atoms with E-state index in [1.54, 1.807) is 69.2 Å². The monoisotopic (exact) mass is 1120 g/mol. The molecule has 9 atom stereocenters. The standard InChI is InChI=1S/C62H82N10O8Si/c1-37(63-6)54(73)69-50(60(79)72-36-81(8,9)35-52(72)59(78)68-49-23-15-19-41-17-11-13-21-47(41)49)32-39-24-30-44(31-25-39)65-56(75)42-26-28-43(29-27-42)57(76)66-45-33-51(58(77)67-48-22-14-18-40-16-10-12-20-46(40)48)71(34-45)61(80)53(62(3,4)5)70-55(74)38(2)64-7/h10-13,16-17,20-21,24-31,37-38,45,48-53,63-64H,14-15,18-19,22-23,32-36H2,1-9H3,(H,65,75)(H,66,76)(H,67,77)(H,68,78)(H,69,73)(H,70,74)/t37?,38?,45-,48+,49+,50?,51-,52?,53?/m0/s1. The molecule has 0 saturated carbocycles. The van der Waals surface area contributed by atoms with Crippen LogP contribution in [0.1, 0.15) is 127 Å². The van der Waals surface area contributed by atoms with E-state index in [0.717, 1.165) is 55.2 Å². The van der Waals surface area contributed by atoms with Gasteiger partial charge in [-0.3, -0.25) is 38.4 Å². The molecule has 0 spiro atoms. The number of nitrogens with zero attached hydrogens (tertiary/aromatic N) is 2. The van der Waals surface area contributed by atoms with Crippen molar-refractivity contribution in [3.05, 3.63) is 136 Å². The quantitative estimate of drug-likeness (QED) is 0.0602. The predicted octanol–water partition coefficient (Wildman–Crippen LogP) is 5.26. The molecule has 8 N–H and O–H groups in total. The summed E-state index contributed by atoms with van der Waals surface area (Å²) in [5, 5.41) is 24.2. The van der Waals surface area contributed by atoms with E-state index < -0.39 is 73.5 Å². The van der Waals surface area contributed by atoms with Crippen LogP contribution in [0.2, 0.25) is 19.1 Å². The Labute approximate surface area is 477 Å². The van der Waals surface area contributed by atoms with E-state index in [1.807, 2.05) is 51.1 Å². The SMILES string of the molecule is CNC(C)C(=O)NC(Cc1ccc(NC(=O)c2ccc(C(=O)N[C@H]3C[C@@H](C(=O)N[C@@H]4CCCc5ccccc54)N(C(=O)C(NC(=O)C(C)NC)C(C)(C)C)C3)cc2)cc1)C(=O)N1C[Si](C)(C)CC1C(=O)N[C@@H]1CCCc2ccccc21. The highest BCUT2D eigenvalue weighted by atomic mass is 28.3. The van der Waals surface area contributed by atoms with Crippen LogP contribution in [0.15, 0.2) is 97.1 Å². The number of carbonyl (C=O) groups excluding carboxylic acids is 8. The third-order valence-corrected chi connectivity index (χ3v) is 19.3. The molecule has 8 rings (SSSR count). The Balaban J connectivity index is 0.914. The predicted molar refractivity (Wildman–Crippen MR) is 315 cm³/mol. The van der Waals surface area contributed by atoms with Gasteiger partial charge in [0.1, 0.15) is 24.2 Å². The van der Waals surface area contributed by atoms with Crippen molar-refractivity contribution < 1.29 is 38.4 Å². The summed E-state index contributed by atoms with van der Waals surface area (Å²) in [6, 6.07) is 24.3. The molecule has 0 radical (unpaired) electrons. The van der Waals surface area contributed by atoms with Crippen LogP contribution in [0.25, 0.3) is 0 Å². The van der Waals surface area contributed by atoms with Crippen LogP contribution in [0.5, 0.6) is 0 Å². The number of hydrogen-bond acceptors (Lipinski definition) is 10. The van der Waals surface area contributed by atoms with E-state index in [4.69, 9.17) is 0 Å². The average Bonchev–Trinajstić information content (AvgIpc) is 4.29. The summed E-state index contributed by atoms with van der Waals surface area (Å²) in [6.07, 6.45) is 6.07. The van der Waals surface area contributed by atoms with Gasteiger partial charge in [-0.1, -0.05) is 94.5 Å². The minimum absolute atomic E-state index is 0.0300. The first-order valence-electron chi connectivity index (χ1n) is 28.7. The second kappa shape index (κ2) is 25.7. The average molecular weight is 1120 g/mol. The topological polar surface area (TPSA) is 239 Å². The molecule has 2 aliphatic heterocycles. The van der Waals surface area contributed by atoms with E-state index in [1.165, 1.54) is 28.2 Å². The number of nitrogens with one attached hydrogen (secondary N) is 8. The number of carbonyl (C=O) groups is 8. The molecule has 81 heavy (non-hydrogen) atoms. The van der Waals surface area contributed by atoms with E-state index in [9.17, 15) is 38.4 Å². The first-order valence-corrected chi connectivity index (χ1v) is 32.1. The number of anilines is 1. The van der Waals surface area contributed by atoms with Crippen LogP contribution in [-0.4, -0.2) is 134 Å². The fraction of sp³-hybridized carbons (Fsp3) is 0.484. The van der Waals surface area contributed by atoms with E-state index in [2.05, 4.69) is 73.8 Å². The molecule has 4 aromatic rings. The molecule has 4 aliphatic rings. The molecule has 2 saturated heterocycles. The summed E-state index contributed by atoms with van der Waals surface area (Å²) in [5.41, 5.74) is 5.61. The Morgan fingerprint density at radius 2 is 1.14 bits per heavy atom. The van der Waals surface area contributed by atoms with Gasteiger partial charge in [-0.15, -0.1) is 0 Å². The summed E-state index contributed by atoms with van der Waals surface area (Å²) in [4.78, 5) is 115. The Kier molecular flexibility index (Phi) is 19.0. The highest BCUT2D eigenvalue weighted by Gasteiger charge is 2.48. The molecule has 4 aromatic carbocycles. The molecular formula is C62H82N10O8Si. The van der Waals surface area contributed by atoms with Crippen LogP contribution in [0.3, 0.4) is 0 Å². The van der Waals surface area contributed by atoms with Gasteiger partial charge >= 0.3 is 0 Å².